The maximum absolute atomic E-state index is 12.5. The number of carbonyl (C=O) groups is 2. The minimum Gasteiger partial charge on any atom is -0.469 e. The number of pyridine rings is 1. The summed E-state index contributed by atoms with van der Waals surface area (Å²) in [6.45, 7) is 2.37. The maximum Gasteiger partial charge on any atom is 0.310 e. The maximum atomic E-state index is 12.5. The van der Waals surface area contributed by atoms with Crippen LogP contribution < -0.4 is 0 Å². The summed E-state index contributed by atoms with van der Waals surface area (Å²) in [6.07, 6.45) is 7.91. The van der Waals surface area contributed by atoms with Gasteiger partial charge >= 0.3 is 5.97 Å². The lowest BCUT2D eigenvalue weighted by atomic mass is 10.1. The van der Waals surface area contributed by atoms with E-state index in [1.165, 1.54) is 19.4 Å². The van der Waals surface area contributed by atoms with Gasteiger partial charge in [-0.2, -0.15) is 0 Å². The van der Waals surface area contributed by atoms with Crippen LogP contribution in [-0.2, 0) is 20.9 Å². The van der Waals surface area contributed by atoms with Gasteiger partial charge in [-0.1, -0.05) is 6.92 Å². The van der Waals surface area contributed by atoms with Crippen molar-refractivity contribution in [3.63, 3.8) is 0 Å². The van der Waals surface area contributed by atoms with Crippen molar-refractivity contribution in [1.29, 1.82) is 0 Å². The highest BCUT2D eigenvalue weighted by Crippen LogP contribution is 2.10. The lowest BCUT2D eigenvalue weighted by Gasteiger charge is -2.24. The van der Waals surface area contributed by atoms with Crippen LogP contribution in [0.4, 0.5) is 0 Å². The molecule has 1 atom stereocenters. The first-order valence-electron chi connectivity index (χ1n) is 7.57. The lowest BCUT2D eigenvalue weighted by molar-refractivity contribution is -0.146. The van der Waals surface area contributed by atoms with E-state index in [1.54, 1.807) is 42.4 Å². The Morgan fingerprint density at radius 1 is 1.33 bits per heavy atom. The second-order valence-electron chi connectivity index (χ2n) is 5.35. The molecule has 0 bridgehead atoms. The summed E-state index contributed by atoms with van der Waals surface area (Å²) in [6, 6.07) is 7.17. The minimum atomic E-state index is -0.419. The summed E-state index contributed by atoms with van der Waals surface area (Å²) >= 11 is 0. The zero-order valence-electron chi connectivity index (χ0n) is 13.7. The van der Waals surface area contributed by atoms with Crippen molar-refractivity contribution in [2.75, 3.05) is 13.7 Å². The van der Waals surface area contributed by atoms with E-state index in [-0.39, 0.29) is 18.4 Å². The second kappa shape index (κ2) is 8.67. The molecule has 0 spiro atoms. The number of methoxy groups -OCH3 is 1. The van der Waals surface area contributed by atoms with Crippen molar-refractivity contribution in [3.8, 4) is 0 Å². The van der Waals surface area contributed by atoms with Crippen LogP contribution >= 0.6 is 0 Å². The van der Waals surface area contributed by atoms with E-state index in [9.17, 15) is 9.59 Å². The van der Waals surface area contributed by atoms with Gasteiger partial charge in [-0.25, -0.2) is 0 Å². The predicted molar refractivity (Wildman–Crippen MR) is 88.6 cm³/mol. The van der Waals surface area contributed by atoms with Crippen molar-refractivity contribution < 1.29 is 18.7 Å². The largest absolute Gasteiger partial charge is 0.469 e. The second-order valence-corrected chi connectivity index (χ2v) is 5.35. The molecule has 1 amide bonds. The van der Waals surface area contributed by atoms with Crippen molar-refractivity contribution in [3.05, 3.63) is 60.3 Å². The number of hydrogen-bond donors (Lipinski definition) is 0. The van der Waals surface area contributed by atoms with E-state index < -0.39 is 5.92 Å². The highest BCUT2D eigenvalue weighted by molar-refractivity contribution is 5.91. The Balaban J connectivity index is 2.11. The average molecular weight is 328 g/mol. The van der Waals surface area contributed by atoms with Crippen LogP contribution in [0.25, 0.3) is 6.08 Å². The van der Waals surface area contributed by atoms with Crippen LogP contribution in [0.15, 0.2) is 53.4 Å². The third kappa shape index (κ3) is 5.08. The van der Waals surface area contributed by atoms with Gasteiger partial charge in [0.05, 0.1) is 19.3 Å². The van der Waals surface area contributed by atoms with Crippen molar-refractivity contribution in [2.24, 2.45) is 5.92 Å². The SMILES string of the molecule is COC(=O)C(C)CN(Cc1ccncc1)C(=O)/C=C/c1ccco1. The van der Waals surface area contributed by atoms with Gasteiger partial charge < -0.3 is 14.1 Å². The molecular formula is C18H20N2O4. The molecule has 6 heteroatoms. The molecule has 2 rings (SSSR count). The Hall–Kier alpha value is -2.89. The predicted octanol–water partition coefficient (Wildman–Crippen LogP) is 2.53. The number of rotatable bonds is 7. The number of aromatic nitrogens is 1. The third-order valence-corrected chi connectivity index (χ3v) is 3.47. The minimum absolute atomic E-state index is 0.209. The first-order chi connectivity index (χ1) is 11.6. The highest BCUT2D eigenvalue weighted by atomic mass is 16.5. The molecule has 0 N–H and O–H groups in total. The number of esters is 1. The molecule has 2 heterocycles. The average Bonchev–Trinajstić information content (AvgIpc) is 3.12. The van der Waals surface area contributed by atoms with Gasteiger partial charge in [0.15, 0.2) is 0 Å². The molecule has 2 aromatic heterocycles. The van der Waals surface area contributed by atoms with Gasteiger partial charge in [0.2, 0.25) is 5.91 Å². The first-order valence-corrected chi connectivity index (χ1v) is 7.57. The van der Waals surface area contributed by atoms with Crippen LogP contribution in [0.5, 0.6) is 0 Å². The molecule has 0 aliphatic rings. The lowest BCUT2D eigenvalue weighted by Crippen LogP contribution is -2.35. The molecule has 1 unspecified atom stereocenters. The van der Waals surface area contributed by atoms with Crippen molar-refractivity contribution >= 4 is 18.0 Å². The quantitative estimate of drug-likeness (QED) is 0.577. The normalized spacial score (nSPS) is 12.1. The summed E-state index contributed by atoms with van der Waals surface area (Å²) < 4.78 is 9.92. The van der Waals surface area contributed by atoms with Crippen molar-refractivity contribution in [1.82, 2.24) is 9.88 Å². The van der Waals surface area contributed by atoms with E-state index >= 15 is 0 Å². The molecule has 0 fully saturated rings. The molecule has 0 aromatic carbocycles. The molecule has 6 nitrogen and oxygen atoms in total. The molecule has 2 aromatic rings. The van der Waals surface area contributed by atoms with Crippen LogP contribution in [0.2, 0.25) is 0 Å². The molecule has 0 saturated carbocycles. The Labute approximate surface area is 140 Å². The summed E-state index contributed by atoms with van der Waals surface area (Å²) in [4.78, 5) is 29.7. The number of furan rings is 1. The van der Waals surface area contributed by atoms with Gasteiger partial charge in [0.1, 0.15) is 5.76 Å². The van der Waals surface area contributed by atoms with Crippen LogP contribution in [0.3, 0.4) is 0 Å². The molecular weight excluding hydrogens is 308 g/mol. The monoisotopic (exact) mass is 328 g/mol. The number of ether oxygens (including phenoxy) is 1. The number of hydrogen-bond acceptors (Lipinski definition) is 5. The summed E-state index contributed by atoms with van der Waals surface area (Å²) in [7, 11) is 1.34. The summed E-state index contributed by atoms with van der Waals surface area (Å²) in [5, 5.41) is 0. The van der Waals surface area contributed by atoms with Gasteiger partial charge in [0, 0.05) is 31.6 Å². The van der Waals surface area contributed by atoms with E-state index in [1.807, 2.05) is 12.1 Å². The molecule has 126 valence electrons. The fourth-order valence-electron chi connectivity index (χ4n) is 2.19. The molecule has 0 saturated heterocycles. The van der Waals surface area contributed by atoms with Crippen LogP contribution in [-0.4, -0.2) is 35.4 Å². The molecule has 0 aliphatic heterocycles. The fourth-order valence-corrected chi connectivity index (χ4v) is 2.19. The third-order valence-electron chi connectivity index (χ3n) is 3.47. The smallest absolute Gasteiger partial charge is 0.310 e. The van der Waals surface area contributed by atoms with Gasteiger partial charge in [-0.15, -0.1) is 0 Å². The van der Waals surface area contributed by atoms with Crippen molar-refractivity contribution in [2.45, 2.75) is 13.5 Å². The topological polar surface area (TPSA) is 72.6 Å². The molecule has 0 radical (unpaired) electrons. The van der Waals surface area contributed by atoms with E-state index in [4.69, 9.17) is 9.15 Å². The molecule has 0 aliphatic carbocycles. The van der Waals surface area contributed by atoms with Crippen LogP contribution in [0.1, 0.15) is 18.2 Å². The Morgan fingerprint density at radius 2 is 2.08 bits per heavy atom. The zero-order chi connectivity index (χ0) is 17.4. The Bertz CT molecular complexity index is 680. The number of amides is 1. The summed E-state index contributed by atoms with van der Waals surface area (Å²) in [5.74, 6) is -0.387. The molecule has 24 heavy (non-hydrogen) atoms. The van der Waals surface area contributed by atoms with Gasteiger partial charge in [0.25, 0.3) is 0 Å². The Kier molecular flexibility index (Phi) is 6.31. The summed E-state index contributed by atoms with van der Waals surface area (Å²) in [5.41, 5.74) is 0.932. The zero-order valence-corrected chi connectivity index (χ0v) is 13.7. The standard InChI is InChI=1S/C18H20N2O4/c1-14(18(22)23-2)12-20(13-15-7-9-19-10-8-15)17(21)6-5-16-4-3-11-24-16/h3-11,14H,12-13H2,1-2H3/b6-5+. The van der Waals surface area contributed by atoms with Crippen LogP contribution in [0, 0.1) is 5.92 Å². The van der Waals surface area contributed by atoms with Gasteiger partial charge in [-0.05, 0) is 35.9 Å². The first kappa shape index (κ1) is 17.5. The van der Waals surface area contributed by atoms with E-state index in [2.05, 4.69) is 4.98 Å². The fraction of sp³-hybridized carbons (Fsp3) is 0.278. The van der Waals surface area contributed by atoms with E-state index in [0.717, 1.165) is 5.56 Å². The van der Waals surface area contributed by atoms with Gasteiger partial charge in [-0.3, -0.25) is 14.6 Å². The number of carbonyl (C=O) groups excluding carboxylic acids is 2. The van der Waals surface area contributed by atoms with E-state index in [0.29, 0.717) is 12.3 Å². The highest BCUT2D eigenvalue weighted by Gasteiger charge is 2.20. The Morgan fingerprint density at radius 3 is 2.71 bits per heavy atom. The number of nitrogens with zero attached hydrogens (tertiary/aromatic N) is 2.